The van der Waals surface area contributed by atoms with Crippen LogP contribution in [0.25, 0.3) is 0 Å². The fourth-order valence-electron chi connectivity index (χ4n) is 0.731. The Morgan fingerprint density at radius 3 is 2.23 bits per heavy atom. The van der Waals surface area contributed by atoms with Crippen molar-refractivity contribution in [1.82, 2.24) is 0 Å². The van der Waals surface area contributed by atoms with Crippen LogP contribution in [-0.2, 0) is 14.4 Å². The maximum absolute atomic E-state index is 11.1. The number of oxime groups is 1. The van der Waals surface area contributed by atoms with E-state index in [1.807, 2.05) is 0 Å². The Morgan fingerprint density at radius 1 is 1.38 bits per heavy atom. The SMILES string of the molecule is CON=C(C(=O)OC)C(O)C(C)C. The van der Waals surface area contributed by atoms with E-state index in [4.69, 9.17) is 0 Å². The van der Waals surface area contributed by atoms with Crippen LogP contribution in [0.5, 0.6) is 0 Å². The molecule has 0 aromatic heterocycles. The average Bonchev–Trinajstić information content (AvgIpc) is 2.11. The van der Waals surface area contributed by atoms with Gasteiger partial charge in [0.25, 0.3) is 0 Å². The predicted molar refractivity (Wildman–Crippen MR) is 47.3 cm³/mol. The number of hydrogen-bond donors (Lipinski definition) is 1. The Bertz CT molecular complexity index is 200. The maximum atomic E-state index is 11.1. The van der Waals surface area contributed by atoms with E-state index in [1.54, 1.807) is 13.8 Å². The Labute approximate surface area is 77.3 Å². The summed E-state index contributed by atoms with van der Waals surface area (Å²) in [7, 11) is 2.52. The molecule has 0 bridgehead atoms. The summed E-state index contributed by atoms with van der Waals surface area (Å²) in [5.74, 6) is -0.795. The van der Waals surface area contributed by atoms with Crippen LogP contribution in [0.1, 0.15) is 13.8 Å². The average molecular weight is 189 g/mol. The number of aliphatic hydroxyl groups excluding tert-OH is 1. The van der Waals surface area contributed by atoms with E-state index in [9.17, 15) is 9.90 Å². The van der Waals surface area contributed by atoms with E-state index < -0.39 is 12.1 Å². The highest BCUT2D eigenvalue weighted by molar-refractivity contribution is 6.38. The second kappa shape index (κ2) is 5.53. The van der Waals surface area contributed by atoms with Crippen LogP contribution in [0.15, 0.2) is 5.16 Å². The number of carbonyl (C=O) groups is 1. The third kappa shape index (κ3) is 3.42. The van der Waals surface area contributed by atoms with E-state index in [-0.39, 0.29) is 11.6 Å². The highest BCUT2D eigenvalue weighted by Gasteiger charge is 2.25. The zero-order valence-corrected chi connectivity index (χ0v) is 8.27. The second-order valence-electron chi connectivity index (χ2n) is 2.84. The number of ether oxygens (including phenoxy) is 1. The van der Waals surface area contributed by atoms with Crippen LogP contribution in [0.3, 0.4) is 0 Å². The van der Waals surface area contributed by atoms with Crippen molar-refractivity contribution in [2.45, 2.75) is 20.0 Å². The molecule has 0 aliphatic rings. The lowest BCUT2D eigenvalue weighted by atomic mass is 10.0. The summed E-state index contributed by atoms with van der Waals surface area (Å²) in [4.78, 5) is 15.5. The smallest absolute Gasteiger partial charge is 0.358 e. The number of hydrogen-bond acceptors (Lipinski definition) is 5. The number of carbonyl (C=O) groups excluding carboxylic acids is 1. The standard InChI is InChI=1S/C8H15NO4/c1-5(2)7(10)6(9-13-4)8(11)12-3/h5,7,10H,1-4H3. The number of nitrogens with zero attached hydrogens (tertiary/aromatic N) is 1. The van der Waals surface area contributed by atoms with Crippen molar-refractivity contribution >= 4 is 11.7 Å². The van der Waals surface area contributed by atoms with Crippen molar-refractivity contribution in [3.05, 3.63) is 0 Å². The van der Waals surface area contributed by atoms with Crippen LogP contribution < -0.4 is 0 Å². The maximum Gasteiger partial charge on any atom is 0.358 e. The topological polar surface area (TPSA) is 68.1 Å². The molecule has 0 amide bonds. The first kappa shape index (κ1) is 11.9. The van der Waals surface area contributed by atoms with Gasteiger partial charge in [-0.05, 0) is 5.92 Å². The highest BCUT2D eigenvalue weighted by atomic mass is 16.6. The Balaban J connectivity index is 4.61. The summed E-state index contributed by atoms with van der Waals surface area (Å²) in [6.45, 7) is 3.53. The Hall–Kier alpha value is -1.10. The molecule has 0 aromatic rings. The number of methoxy groups -OCH3 is 1. The Kier molecular flexibility index (Phi) is 5.06. The van der Waals surface area contributed by atoms with Gasteiger partial charge in [0.2, 0.25) is 0 Å². The molecular formula is C8H15NO4. The summed E-state index contributed by atoms with van der Waals surface area (Å²) in [6, 6.07) is 0. The minimum Gasteiger partial charge on any atom is -0.464 e. The second-order valence-corrected chi connectivity index (χ2v) is 2.84. The molecule has 0 saturated heterocycles. The van der Waals surface area contributed by atoms with E-state index >= 15 is 0 Å². The lowest BCUT2D eigenvalue weighted by Crippen LogP contribution is -2.33. The first-order valence-electron chi connectivity index (χ1n) is 3.92. The molecule has 0 aliphatic carbocycles. The van der Waals surface area contributed by atoms with E-state index in [1.165, 1.54) is 14.2 Å². The normalized spacial score (nSPS) is 14.2. The van der Waals surface area contributed by atoms with Crippen molar-refractivity contribution in [2.24, 2.45) is 11.1 Å². The van der Waals surface area contributed by atoms with E-state index in [0.29, 0.717) is 0 Å². The Morgan fingerprint density at radius 2 is 1.92 bits per heavy atom. The van der Waals surface area contributed by atoms with Gasteiger partial charge in [-0.1, -0.05) is 19.0 Å². The molecule has 0 radical (unpaired) electrons. The monoisotopic (exact) mass is 189 g/mol. The van der Waals surface area contributed by atoms with Crippen LogP contribution in [0, 0.1) is 5.92 Å². The molecule has 0 spiro atoms. The summed E-state index contributed by atoms with van der Waals surface area (Å²) in [5.41, 5.74) is -0.111. The molecule has 5 nitrogen and oxygen atoms in total. The molecular weight excluding hydrogens is 174 g/mol. The molecule has 1 atom stereocenters. The molecule has 1 unspecified atom stereocenters. The molecule has 0 saturated carbocycles. The third-order valence-electron chi connectivity index (χ3n) is 1.50. The zero-order valence-electron chi connectivity index (χ0n) is 8.27. The van der Waals surface area contributed by atoms with Crippen LogP contribution in [0.4, 0.5) is 0 Å². The van der Waals surface area contributed by atoms with Crippen molar-refractivity contribution in [2.75, 3.05) is 14.2 Å². The van der Waals surface area contributed by atoms with Gasteiger partial charge in [-0.2, -0.15) is 0 Å². The zero-order chi connectivity index (χ0) is 10.4. The lowest BCUT2D eigenvalue weighted by molar-refractivity contribution is -0.133. The number of esters is 1. The van der Waals surface area contributed by atoms with Gasteiger partial charge in [0, 0.05) is 0 Å². The van der Waals surface area contributed by atoms with Gasteiger partial charge in [-0.15, -0.1) is 0 Å². The molecule has 0 aliphatic heterocycles. The molecule has 0 heterocycles. The number of aliphatic hydroxyl groups is 1. The summed E-state index contributed by atoms with van der Waals surface area (Å²) in [5, 5.41) is 12.9. The lowest BCUT2D eigenvalue weighted by Gasteiger charge is -2.14. The number of rotatable bonds is 4. The molecule has 0 rings (SSSR count). The molecule has 5 heteroatoms. The molecule has 76 valence electrons. The summed E-state index contributed by atoms with van der Waals surface area (Å²) < 4.78 is 4.43. The summed E-state index contributed by atoms with van der Waals surface area (Å²) in [6.07, 6.45) is -0.965. The van der Waals surface area contributed by atoms with Crippen molar-refractivity contribution in [1.29, 1.82) is 0 Å². The van der Waals surface area contributed by atoms with Gasteiger partial charge in [0.15, 0.2) is 5.71 Å². The minimum absolute atomic E-state index is 0.111. The molecule has 0 fully saturated rings. The van der Waals surface area contributed by atoms with Gasteiger partial charge in [-0.3, -0.25) is 0 Å². The quantitative estimate of drug-likeness (QED) is 0.389. The fraction of sp³-hybridized carbons (Fsp3) is 0.750. The molecule has 0 aromatic carbocycles. The first-order chi connectivity index (χ1) is 6.04. The van der Waals surface area contributed by atoms with Gasteiger partial charge in [0.05, 0.1) is 7.11 Å². The van der Waals surface area contributed by atoms with Gasteiger partial charge in [-0.25, -0.2) is 4.79 Å². The van der Waals surface area contributed by atoms with E-state index in [0.717, 1.165) is 0 Å². The fourth-order valence-corrected chi connectivity index (χ4v) is 0.731. The van der Waals surface area contributed by atoms with Gasteiger partial charge < -0.3 is 14.7 Å². The van der Waals surface area contributed by atoms with Crippen LogP contribution in [-0.4, -0.2) is 37.1 Å². The predicted octanol–water partition coefficient (Wildman–Crippen LogP) is 0.179. The van der Waals surface area contributed by atoms with E-state index in [2.05, 4.69) is 14.7 Å². The molecule has 13 heavy (non-hydrogen) atoms. The van der Waals surface area contributed by atoms with Crippen molar-refractivity contribution in [3.8, 4) is 0 Å². The molecule has 1 N–H and O–H groups in total. The van der Waals surface area contributed by atoms with Crippen LogP contribution in [0.2, 0.25) is 0 Å². The van der Waals surface area contributed by atoms with Gasteiger partial charge in [0.1, 0.15) is 13.2 Å². The third-order valence-corrected chi connectivity index (χ3v) is 1.50. The first-order valence-corrected chi connectivity index (χ1v) is 3.92. The highest BCUT2D eigenvalue weighted by Crippen LogP contribution is 2.05. The van der Waals surface area contributed by atoms with Crippen LogP contribution >= 0.6 is 0 Å². The summed E-state index contributed by atoms with van der Waals surface area (Å²) >= 11 is 0. The largest absolute Gasteiger partial charge is 0.464 e. The minimum atomic E-state index is -0.965. The van der Waals surface area contributed by atoms with Gasteiger partial charge >= 0.3 is 5.97 Å². The van der Waals surface area contributed by atoms with Crippen molar-refractivity contribution < 1.29 is 19.5 Å². The van der Waals surface area contributed by atoms with Crippen molar-refractivity contribution in [3.63, 3.8) is 0 Å².